The fourth-order valence-corrected chi connectivity index (χ4v) is 2.86. The molecular weight excluding hydrogens is 234 g/mol. The zero-order valence-electron chi connectivity index (χ0n) is 9.75. The topological polar surface area (TPSA) is 50.5 Å². The van der Waals surface area contributed by atoms with Crippen molar-refractivity contribution in [3.8, 4) is 6.07 Å². The summed E-state index contributed by atoms with van der Waals surface area (Å²) in [5, 5.41) is 22.2. The Hall–Kier alpha value is -0.930. The highest BCUT2D eigenvalue weighted by molar-refractivity contribution is 7.08. The van der Waals surface area contributed by atoms with Gasteiger partial charge < -0.3 is 5.11 Å². The Morgan fingerprint density at radius 3 is 2.71 bits per heavy atom. The summed E-state index contributed by atoms with van der Waals surface area (Å²) in [6.45, 7) is 4.61. The van der Waals surface area contributed by atoms with Crippen LogP contribution in [0.5, 0.6) is 0 Å². The Labute approximate surface area is 106 Å². The molecule has 4 nitrogen and oxygen atoms in total. The third-order valence-corrected chi connectivity index (χ3v) is 3.87. The van der Waals surface area contributed by atoms with Crippen molar-refractivity contribution < 1.29 is 5.11 Å². The molecule has 0 bridgehead atoms. The van der Waals surface area contributed by atoms with Gasteiger partial charge in [-0.1, -0.05) is 0 Å². The SMILES string of the molecule is N#CC(c1ccsc1)N1CCN(CCO)CC1. The summed E-state index contributed by atoms with van der Waals surface area (Å²) < 4.78 is 0. The number of nitriles is 1. The van der Waals surface area contributed by atoms with Crippen molar-refractivity contribution in [1.82, 2.24) is 9.80 Å². The predicted octanol–water partition coefficient (Wildman–Crippen LogP) is 0.923. The summed E-state index contributed by atoms with van der Waals surface area (Å²) in [6.07, 6.45) is 0. The standard InChI is InChI=1S/C12H17N3OS/c13-9-12(11-1-8-17-10-11)15-4-2-14(3-5-15)6-7-16/h1,8,10,12,16H,2-7H2. The van der Waals surface area contributed by atoms with Crippen LogP contribution in [-0.2, 0) is 0 Å². The molecule has 1 aromatic heterocycles. The quantitative estimate of drug-likeness (QED) is 0.864. The van der Waals surface area contributed by atoms with Crippen molar-refractivity contribution in [3.63, 3.8) is 0 Å². The minimum absolute atomic E-state index is 0.113. The first-order chi connectivity index (χ1) is 8.35. The van der Waals surface area contributed by atoms with Crippen LogP contribution in [0, 0.1) is 11.3 Å². The van der Waals surface area contributed by atoms with Gasteiger partial charge in [-0.05, 0) is 22.4 Å². The Balaban J connectivity index is 1.93. The second-order valence-electron chi connectivity index (χ2n) is 4.19. The molecule has 0 spiro atoms. The maximum Gasteiger partial charge on any atom is 0.124 e. The minimum Gasteiger partial charge on any atom is -0.395 e. The van der Waals surface area contributed by atoms with Crippen LogP contribution < -0.4 is 0 Å². The molecule has 1 saturated heterocycles. The van der Waals surface area contributed by atoms with Crippen molar-refractivity contribution >= 4 is 11.3 Å². The van der Waals surface area contributed by atoms with Crippen molar-refractivity contribution in [2.75, 3.05) is 39.3 Å². The molecule has 0 radical (unpaired) electrons. The molecule has 0 saturated carbocycles. The van der Waals surface area contributed by atoms with E-state index < -0.39 is 0 Å². The van der Waals surface area contributed by atoms with Gasteiger partial charge in [-0.25, -0.2) is 0 Å². The first-order valence-electron chi connectivity index (χ1n) is 5.84. The van der Waals surface area contributed by atoms with Gasteiger partial charge >= 0.3 is 0 Å². The van der Waals surface area contributed by atoms with Crippen LogP contribution in [0.1, 0.15) is 11.6 Å². The van der Waals surface area contributed by atoms with E-state index in [-0.39, 0.29) is 12.6 Å². The van der Waals surface area contributed by atoms with Gasteiger partial charge in [0, 0.05) is 32.7 Å². The van der Waals surface area contributed by atoms with Crippen molar-refractivity contribution in [3.05, 3.63) is 22.4 Å². The van der Waals surface area contributed by atoms with E-state index in [1.807, 2.05) is 16.8 Å². The lowest BCUT2D eigenvalue weighted by atomic mass is 10.1. The second-order valence-corrected chi connectivity index (χ2v) is 4.97. The number of nitrogens with zero attached hydrogens (tertiary/aromatic N) is 3. The van der Waals surface area contributed by atoms with E-state index in [4.69, 9.17) is 5.11 Å². The first-order valence-corrected chi connectivity index (χ1v) is 6.78. The number of hydrogen-bond donors (Lipinski definition) is 1. The summed E-state index contributed by atoms with van der Waals surface area (Å²) in [5.41, 5.74) is 1.10. The van der Waals surface area contributed by atoms with E-state index in [0.717, 1.165) is 38.3 Å². The molecule has 1 fully saturated rings. The highest BCUT2D eigenvalue weighted by Gasteiger charge is 2.24. The molecule has 0 aliphatic carbocycles. The zero-order valence-corrected chi connectivity index (χ0v) is 10.6. The lowest BCUT2D eigenvalue weighted by molar-refractivity contribution is 0.0983. The molecule has 1 aliphatic heterocycles. The molecule has 1 unspecified atom stereocenters. The van der Waals surface area contributed by atoms with Gasteiger partial charge in [0.15, 0.2) is 0 Å². The first kappa shape index (κ1) is 12.5. The van der Waals surface area contributed by atoms with Gasteiger partial charge in [0.2, 0.25) is 0 Å². The van der Waals surface area contributed by atoms with E-state index in [0.29, 0.717) is 0 Å². The summed E-state index contributed by atoms with van der Waals surface area (Å²) in [4.78, 5) is 4.45. The van der Waals surface area contributed by atoms with Crippen LogP contribution in [0.3, 0.4) is 0 Å². The van der Waals surface area contributed by atoms with E-state index >= 15 is 0 Å². The van der Waals surface area contributed by atoms with Gasteiger partial charge in [-0.2, -0.15) is 16.6 Å². The average Bonchev–Trinajstić information content (AvgIpc) is 2.86. The van der Waals surface area contributed by atoms with E-state index in [1.54, 1.807) is 11.3 Å². The highest BCUT2D eigenvalue weighted by atomic mass is 32.1. The van der Waals surface area contributed by atoms with Crippen molar-refractivity contribution in [2.45, 2.75) is 6.04 Å². The Bertz CT molecular complexity index is 366. The zero-order chi connectivity index (χ0) is 12.1. The van der Waals surface area contributed by atoms with Gasteiger partial charge in [0.05, 0.1) is 12.7 Å². The molecular formula is C12H17N3OS. The van der Waals surface area contributed by atoms with E-state index in [9.17, 15) is 5.26 Å². The molecule has 1 aromatic rings. The van der Waals surface area contributed by atoms with Gasteiger partial charge in [-0.15, -0.1) is 0 Å². The number of aliphatic hydroxyl groups excluding tert-OH is 1. The van der Waals surface area contributed by atoms with Crippen LogP contribution in [0.15, 0.2) is 16.8 Å². The highest BCUT2D eigenvalue weighted by Crippen LogP contribution is 2.23. The van der Waals surface area contributed by atoms with Crippen molar-refractivity contribution in [1.29, 1.82) is 5.26 Å². The van der Waals surface area contributed by atoms with Gasteiger partial charge in [-0.3, -0.25) is 9.80 Å². The Morgan fingerprint density at radius 2 is 2.18 bits per heavy atom. The Kier molecular flexibility index (Phi) is 4.51. The smallest absolute Gasteiger partial charge is 0.124 e. The van der Waals surface area contributed by atoms with Gasteiger partial charge in [0.25, 0.3) is 0 Å². The van der Waals surface area contributed by atoms with Crippen molar-refractivity contribution in [2.24, 2.45) is 0 Å². The molecule has 0 amide bonds. The number of hydrogen-bond acceptors (Lipinski definition) is 5. The lowest BCUT2D eigenvalue weighted by Crippen LogP contribution is -2.48. The molecule has 1 aliphatic rings. The molecule has 1 N–H and O–H groups in total. The molecule has 5 heteroatoms. The predicted molar refractivity (Wildman–Crippen MR) is 67.8 cm³/mol. The fourth-order valence-electron chi connectivity index (χ4n) is 2.18. The molecule has 2 rings (SSSR count). The molecule has 17 heavy (non-hydrogen) atoms. The lowest BCUT2D eigenvalue weighted by Gasteiger charge is -2.36. The van der Waals surface area contributed by atoms with E-state index in [2.05, 4.69) is 15.9 Å². The third-order valence-electron chi connectivity index (χ3n) is 3.17. The van der Waals surface area contributed by atoms with Crippen LogP contribution in [0.25, 0.3) is 0 Å². The molecule has 1 atom stereocenters. The van der Waals surface area contributed by atoms with Crippen LogP contribution in [0.2, 0.25) is 0 Å². The maximum absolute atomic E-state index is 9.28. The average molecular weight is 251 g/mol. The summed E-state index contributed by atoms with van der Waals surface area (Å²) in [7, 11) is 0. The van der Waals surface area contributed by atoms with Crippen LogP contribution in [-0.4, -0.2) is 54.2 Å². The van der Waals surface area contributed by atoms with Crippen LogP contribution >= 0.6 is 11.3 Å². The molecule has 2 heterocycles. The fraction of sp³-hybridized carbons (Fsp3) is 0.583. The number of aliphatic hydroxyl groups is 1. The largest absolute Gasteiger partial charge is 0.395 e. The third kappa shape index (κ3) is 3.05. The monoisotopic (exact) mass is 251 g/mol. The molecule has 0 aromatic carbocycles. The number of thiophene rings is 1. The van der Waals surface area contributed by atoms with E-state index in [1.165, 1.54) is 0 Å². The number of rotatable bonds is 4. The summed E-state index contributed by atoms with van der Waals surface area (Å²) >= 11 is 1.63. The summed E-state index contributed by atoms with van der Waals surface area (Å²) in [5.74, 6) is 0. The number of piperazine rings is 1. The minimum atomic E-state index is -0.113. The Morgan fingerprint density at radius 1 is 1.41 bits per heavy atom. The van der Waals surface area contributed by atoms with Gasteiger partial charge in [0.1, 0.15) is 6.04 Å². The number of β-amino-alcohol motifs (C(OH)–C–C–N with tert-alkyl or cyclic N) is 1. The second kappa shape index (κ2) is 6.12. The summed E-state index contributed by atoms with van der Waals surface area (Å²) in [6, 6.07) is 4.30. The van der Waals surface area contributed by atoms with Crippen LogP contribution in [0.4, 0.5) is 0 Å². The maximum atomic E-state index is 9.28. The molecule has 92 valence electrons. The normalized spacial score (nSPS) is 20.0.